The van der Waals surface area contributed by atoms with Gasteiger partial charge in [-0.05, 0) is 23.8 Å². The highest BCUT2D eigenvalue weighted by molar-refractivity contribution is 5.92. The molecule has 22 heavy (non-hydrogen) atoms. The largest absolute Gasteiger partial charge is 0.478 e. The summed E-state index contributed by atoms with van der Waals surface area (Å²) in [6.07, 6.45) is 8.14. The molecule has 0 aliphatic rings. The smallest absolute Gasteiger partial charge is 0.335 e. The number of benzene rings is 1. The average molecular weight is 322 g/mol. The third-order valence-electron chi connectivity index (χ3n) is 2.79. The second-order valence-electron chi connectivity index (χ2n) is 4.36. The highest BCUT2D eigenvalue weighted by atomic mass is 35.5. The number of imidazole rings is 1. The molecule has 0 atom stereocenters. The molecule has 1 amide bonds. The number of hydrogen-bond acceptors (Lipinski definition) is 3. The average Bonchev–Trinajstić information content (AvgIpc) is 2.99. The molecule has 0 aliphatic carbocycles. The maximum Gasteiger partial charge on any atom is 0.335 e. The van der Waals surface area contributed by atoms with E-state index in [0.29, 0.717) is 18.7 Å². The van der Waals surface area contributed by atoms with Crippen LogP contribution >= 0.6 is 12.4 Å². The van der Waals surface area contributed by atoms with Crippen LogP contribution in [-0.2, 0) is 11.3 Å². The van der Waals surface area contributed by atoms with Gasteiger partial charge in [-0.15, -0.1) is 12.4 Å². The first-order valence-electron chi connectivity index (χ1n) is 6.40. The second kappa shape index (κ2) is 8.63. The van der Waals surface area contributed by atoms with Crippen LogP contribution in [0.5, 0.6) is 0 Å². The molecule has 1 aromatic heterocycles. The van der Waals surface area contributed by atoms with E-state index in [0.717, 1.165) is 0 Å². The maximum absolute atomic E-state index is 11.6. The maximum atomic E-state index is 11.6. The van der Waals surface area contributed by atoms with E-state index in [2.05, 4.69) is 10.3 Å². The first-order chi connectivity index (χ1) is 10.1. The Hall–Kier alpha value is -2.60. The van der Waals surface area contributed by atoms with Gasteiger partial charge in [0.05, 0.1) is 11.9 Å². The lowest BCUT2D eigenvalue weighted by Gasteiger charge is -2.03. The normalized spacial score (nSPS) is 10.2. The quantitative estimate of drug-likeness (QED) is 0.795. The van der Waals surface area contributed by atoms with Crippen molar-refractivity contribution >= 4 is 30.4 Å². The van der Waals surface area contributed by atoms with E-state index in [4.69, 9.17) is 5.11 Å². The minimum Gasteiger partial charge on any atom is -0.478 e. The predicted molar refractivity (Wildman–Crippen MR) is 84.9 cm³/mol. The molecule has 1 aromatic carbocycles. The topological polar surface area (TPSA) is 84.2 Å². The Balaban J connectivity index is 0.00000242. The van der Waals surface area contributed by atoms with Gasteiger partial charge in [-0.25, -0.2) is 9.78 Å². The van der Waals surface area contributed by atoms with Gasteiger partial charge in [0.15, 0.2) is 0 Å². The van der Waals surface area contributed by atoms with Crippen molar-refractivity contribution in [2.75, 3.05) is 6.54 Å². The minimum absolute atomic E-state index is 0. The van der Waals surface area contributed by atoms with Crippen molar-refractivity contribution in [2.24, 2.45) is 0 Å². The van der Waals surface area contributed by atoms with Gasteiger partial charge in [0.25, 0.3) is 0 Å². The van der Waals surface area contributed by atoms with E-state index in [1.54, 1.807) is 30.7 Å². The summed E-state index contributed by atoms with van der Waals surface area (Å²) in [5, 5.41) is 11.6. The summed E-state index contributed by atoms with van der Waals surface area (Å²) < 4.78 is 1.86. The van der Waals surface area contributed by atoms with Crippen LogP contribution < -0.4 is 5.32 Å². The summed E-state index contributed by atoms with van der Waals surface area (Å²) in [4.78, 5) is 26.4. The van der Waals surface area contributed by atoms with E-state index < -0.39 is 5.97 Å². The zero-order valence-electron chi connectivity index (χ0n) is 11.7. The van der Waals surface area contributed by atoms with E-state index in [1.165, 1.54) is 18.2 Å². The van der Waals surface area contributed by atoms with E-state index in [1.807, 2.05) is 10.8 Å². The van der Waals surface area contributed by atoms with E-state index in [-0.39, 0.29) is 23.9 Å². The molecule has 2 aromatic rings. The fourth-order valence-electron chi connectivity index (χ4n) is 1.73. The Labute approximate surface area is 133 Å². The number of carboxylic acids is 1. The number of carbonyl (C=O) groups excluding carboxylic acids is 1. The number of halogens is 1. The fraction of sp³-hybridized carbons (Fsp3) is 0.133. The van der Waals surface area contributed by atoms with Crippen molar-refractivity contribution < 1.29 is 14.7 Å². The molecule has 6 nitrogen and oxygen atoms in total. The van der Waals surface area contributed by atoms with Gasteiger partial charge < -0.3 is 15.0 Å². The molecule has 2 N–H and O–H groups in total. The Morgan fingerprint density at radius 1 is 1.36 bits per heavy atom. The minimum atomic E-state index is -0.991. The lowest BCUT2D eigenvalue weighted by Crippen LogP contribution is -2.25. The molecule has 0 saturated carbocycles. The third-order valence-corrected chi connectivity index (χ3v) is 2.79. The summed E-state index contributed by atoms with van der Waals surface area (Å²) >= 11 is 0. The summed E-state index contributed by atoms with van der Waals surface area (Å²) in [6, 6.07) is 6.39. The van der Waals surface area contributed by atoms with Crippen LogP contribution in [0.1, 0.15) is 15.9 Å². The number of nitrogens with zero attached hydrogens (tertiary/aromatic N) is 2. The van der Waals surface area contributed by atoms with Crippen molar-refractivity contribution in [1.29, 1.82) is 0 Å². The van der Waals surface area contributed by atoms with E-state index in [9.17, 15) is 9.59 Å². The van der Waals surface area contributed by atoms with Gasteiger partial charge in [0.2, 0.25) is 5.91 Å². The number of aromatic carboxylic acids is 1. The molecule has 1 heterocycles. The number of amides is 1. The first-order valence-corrected chi connectivity index (χ1v) is 6.40. The monoisotopic (exact) mass is 321 g/mol. The molecule has 116 valence electrons. The third kappa shape index (κ3) is 5.41. The zero-order valence-corrected chi connectivity index (χ0v) is 12.5. The van der Waals surface area contributed by atoms with Crippen LogP contribution in [0.15, 0.2) is 49.1 Å². The van der Waals surface area contributed by atoms with Gasteiger partial charge in [-0.1, -0.05) is 12.1 Å². The van der Waals surface area contributed by atoms with Gasteiger partial charge in [0.1, 0.15) is 0 Å². The van der Waals surface area contributed by atoms with Crippen LogP contribution in [0.2, 0.25) is 0 Å². The summed E-state index contributed by atoms with van der Waals surface area (Å²) in [6.45, 7) is 1.14. The van der Waals surface area contributed by atoms with E-state index >= 15 is 0 Å². The van der Waals surface area contributed by atoms with Crippen molar-refractivity contribution in [3.63, 3.8) is 0 Å². The molecular weight excluding hydrogens is 306 g/mol. The van der Waals surface area contributed by atoms with Gasteiger partial charge in [-0.3, -0.25) is 4.79 Å². The SMILES string of the molecule is Cl.O=C(/C=C/c1cccc(C(=O)O)c1)NCCn1ccnc1. The lowest BCUT2D eigenvalue weighted by atomic mass is 10.1. The van der Waals surface area contributed by atoms with Gasteiger partial charge in [-0.2, -0.15) is 0 Å². The Morgan fingerprint density at radius 2 is 2.18 bits per heavy atom. The number of carboxylic acid groups (broad SMARTS) is 1. The Kier molecular flexibility index (Phi) is 6.85. The second-order valence-corrected chi connectivity index (χ2v) is 4.36. The van der Waals surface area contributed by atoms with Crippen LogP contribution in [0.4, 0.5) is 0 Å². The van der Waals surface area contributed by atoms with Gasteiger partial charge in [0, 0.05) is 31.6 Å². The van der Waals surface area contributed by atoms with Crippen LogP contribution in [0, 0.1) is 0 Å². The summed E-state index contributed by atoms with van der Waals surface area (Å²) in [7, 11) is 0. The van der Waals surface area contributed by atoms with Crippen LogP contribution in [0.3, 0.4) is 0 Å². The molecule has 0 bridgehead atoms. The summed E-state index contributed by atoms with van der Waals surface area (Å²) in [5.74, 6) is -1.22. The zero-order chi connectivity index (χ0) is 15.1. The number of nitrogens with one attached hydrogen (secondary N) is 1. The highest BCUT2D eigenvalue weighted by Gasteiger charge is 2.01. The molecule has 2 rings (SSSR count). The molecule has 0 aliphatic heterocycles. The molecule has 0 saturated heterocycles. The molecular formula is C15H16ClN3O3. The van der Waals surface area contributed by atoms with Crippen LogP contribution in [0.25, 0.3) is 6.08 Å². The van der Waals surface area contributed by atoms with Gasteiger partial charge >= 0.3 is 5.97 Å². The first kappa shape index (κ1) is 17.5. The van der Waals surface area contributed by atoms with Crippen molar-refractivity contribution in [3.05, 3.63) is 60.2 Å². The molecule has 0 unspecified atom stereocenters. The number of carbonyl (C=O) groups is 2. The van der Waals surface area contributed by atoms with Crippen molar-refractivity contribution in [1.82, 2.24) is 14.9 Å². The Bertz CT molecular complexity index is 654. The standard InChI is InChI=1S/C15H15N3O3.ClH/c19-14(17-7-9-18-8-6-16-11-18)5-4-12-2-1-3-13(10-12)15(20)21;/h1-6,8,10-11H,7,9H2,(H,17,19)(H,20,21);1H/b5-4+;. The van der Waals surface area contributed by atoms with Crippen molar-refractivity contribution in [2.45, 2.75) is 6.54 Å². The molecule has 0 radical (unpaired) electrons. The molecule has 0 fully saturated rings. The number of hydrogen-bond donors (Lipinski definition) is 2. The summed E-state index contributed by atoms with van der Waals surface area (Å²) in [5.41, 5.74) is 0.859. The predicted octanol–water partition coefficient (Wildman–Crippen LogP) is 1.83. The lowest BCUT2D eigenvalue weighted by molar-refractivity contribution is -0.116. The van der Waals surface area contributed by atoms with Crippen molar-refractivity contribution in [3.8, 4) is 0 Å². The highest BCUT2D eigenvalue weighted by Crippen LogP contribution is 2.07. The number of aromatic nitrogens is 2. The Morgan fingerprint density at radius 3 is 2.86 bits per heavy atom. The molecule has 0 spiro atoms. The molecule has 7 heteroatoms. The number of rotatable bonds is 6. The van der Waals surface area contributed by atoms with Crippen LogP contribution in [-0.4, -0.2) is 33.1 Å². The fourth-order valence-corrected chi connectivity index (χ4v) is 1.73.